The first-order valence-corrected chi connectivity index (χ1v) is 7.53. The Morgan fingerprint density at radius 2 is 2.14 bits per heavy atom. The number of rotatable bonds is 8. The van der Waals surface area contributed by atoms with Crippen LogP contribution in [0.3, 0.4) is 0 Å². The van der Waals surface area contributed by atoms with Crippen molar-refractivity contribution in [1.82, 2.24) is 9.78 Å². The van der Waals surface area contributed by atoms with E-state index in [1.807, 2.05) is 19.1 Å². The number of aryl methyl sites for hydroxylation is 1. The Bertz CT molecular complexity index is 636. The van der Waals surface area contributed by atoms with Gasteiger partial charge in [0.2, 0.25) is 5.89 Å². The fraction of sp³-hybridized carbons (Fsp3) is 0.467. The van der Waals surface area contributed by atoms with Gasteiger partial charge < -0.3 is 14.3 Å². The molecule has 0 aliphatic rings. The van der Waals surface area contributed by atoms with Crippen LogP contribution in [0.1, 0.15) is 24.8 Å². The molecule has 120 valence electrons. The molecule has 0 fully saturated rings. The molecule has 0 amide bonds. The van der Waals surface area contributed by atoms with Crippen LogP contribution in [-0.4, -0.2) is 27.6 Å². The number of ether oxygens (including phenoxy) is 1. The second-order valence-electron chi connectivity index (χ2n) is 4.99. The molecule has 2 rings (SSSR count). The molecule has 0 saturated carbocycles. The molecule has 6 nitrogen and oxygen atoms in total. The zero-order chi connectivity index (χ0) is 15.9. The highest BCUT2D eigenvalue weighted by molar-refractivity contribution is 6.30. The summed E-state index contributed by atoms with van der Waals surface area (Å²) in [5.74, 6) is -0.165. The number of halogens is 1. The molecule has 1 atom stereocenters. The van der Waals surface area contributed by atoms with Crippen LogP contribution >= 0.6 is 11.6 Å². The lowest BCUT2D eigenvalue weighted by Crippen LogP contribution is -2.28. The molecular formula is C15H19ClN2O4. The van der Waals surface area contributed by atoms with Crippen molar-refractivity contribution in [3.05, 3.63) is 51.3 Å². The summed E-state index contributed by atoms with van der Waals surface area (Å²) in [5.41, 5.74) is 0.959. The maximum atomic E-state index is 11.5. The fourth-order valence-electron chi connectivity index (χ4n) is 1.93. The molecule has 0 bridgehead atoms. The molecule has 1 heterocycles. The molecule has 22 heavy (non-hydrogen) atoms. The van der Waals surface area contributed by atoms with Crippen molar-refractivity contribution in [3.8, 4) is 0 Å². The van der Waals surface area contributed by atoms with Crippen LogP contribution < -0.4 is 5.76 Å². The summed E-state index contributed by atoms with van der Waals surface area (Å²) in [6.07, 6.45) is 0.613. The van der Waals surface area contributed by atoms with Gasteiger partial charge in [-0.25, -0.2) is 4.79 Å². The molecule has 2 aromatic rings. The largest absolute Gasteiger partial charge is 0.437 e. The normalized spacial score (nSPS) is 12.5. The average molecular weight is 327 g/mol. The van der Waals surface area contributed by atoms with E-state index >= 15 is 0 Å². The van der Waals surface area contributed by atoms with E-state index in [2.05, 4.69) is 5.10 Å². The van der Waals surface area contributed by atoms with E-state index in [-0.39, 0.29) is 13.2 Å². The van der Waals surface area contributed by atoms with Crippen molar-refractivity contribution in [2.75, 3.05) is 6.61 Å². The van der Waals surface area contributed by atoms with Crippen molar-refractivity contribution in [2.24, 2.45) is 0 Å². The Balaban J connectivity index is 1.79. The fourth-order valence-corrected chi connectivity index (χ4v) is 2.05. The van der Waals surface area contributed by atoms with Gasteiger partial charge in [0, 0.05) is 11.4 Å². The van der Waals surface area contributed by atoms with Gasteiger partial charge in [0.1, 0.15) is 0 Å². The zero-order valence-corrected chi connectivity index (χ0v) is 13.1. The van der Waals surface area contributed by atoms with Crippen LogP contribution in [0.15, 0.2) is 33.5 Å². The quantitative estimate of drug-likeness (QED) is 0.803. The third kappa shape index (κ3) is 4.98. The van der Waals surface area contributed by atoms with Crippen molar-refractivity contribution in [3.63, 3.8) is 0 Å². The minimum Gasteiger partial charge on any atom is -0.392 e. The van der Waals surface area contributed by atoms with Gasteiger partial charge in [-0.1, -0.05) is 30.7 Å². The van der Waals surface area contributed by atoms with Crippen molar-refractivity contribution in [2.45, 2.75) is 39.0 Å². The lowest BCUT2D eigenvalue weighted by atomic mass is 10.2. The van der Waals surface area contributed by atoms with Crippen molar-refractivity contribution < 1.29 is 14.3 Å². The van der Waals surface area contributed by atoms with Crippen LogP contribution in [0.2, 0.25) is 5.02 Å². The molecule has 0 spiro atoms. The number of benzene rings is 1. The Morgan fingerprint density at radius 3 is 2.82 bits per heavy atom. The second-order valence-corrected chi connectivity index (χ2v) is 5.43. The number of nitrogens with zero attached hydrogens (tertiary/aromatic N) is 2. The van der Waals surface area contributed by atoms with Gasteiger partial charge in [-0.05, 0) is 24.1 Å². The zero-order valence-electron chi connectivity index (χ0n) is 12.4. The second kappa shape index (κ2) is 8.12. The van der Waals surface area contributed by atoms with E-state index in [1.54, 1.807) is 12.1 Å². The van der Waals surface area contributed by atoms with E-state index in [9.17, 15) is 9.90 Å². The van der Waals surface area contributed by atoms with E-state index in [0.717, 1.165) is 16.7 Å². The highest BCUT2D eigenvalue weighted by Gasteiger charge is 2.12. The number of aromatic nitrogens is 2. The first kappa shape index (κ1) is 16.7. The van der Waals surface area contributed by atoms with E-state index in [4.69, 9.17) is 20.8 Å². The van der Waals surface area contributed by atoms with Crippen molar-refractivity contribution in [1.29, 1.82) is 0 Å². The first-order chi connectivity index (χ1) is 10.6. The lowest BCUT2D eigenvalue weighted by Gasteiger charge is -2.10. The van der Waals surface area contributed by atoms with Gasteiger partial charge in [0.15, 0.2) is 0 Å². The number of aliphatic hydroxyl groups is 1. The van der Waals surface area contributed by atoms with Gasteiger partial charge >= 0.3 is 5.76 Å². The summed E-state index contributed by atoms with van der Waals surface area (Å²) < 4.78 is 11.5. The third-order valence-corrected chi connectivity index (χ3v) is 3.24. The molecule has 0 saturated heterocycles. The van der Waals surface area contributed by atoms with Crippen LogP contribution in [-0.2, 0) is 24.3 Å². The van der Waals surface area contributed by atoms with Crippen molar-refractivity contribution >= 4 is 11.6 Å². The Kier molecular flexibility index (Phi) is 6.18. The van der Waals surface area contributed by atoms with Gasteiger partial charge in [-0.15, -0.1) is 5.10 Å². The molecular weight excluding hydrogens is 308 g/mol. The third-order valence-electron chi connectivity index (χ3n) is 2.99. The monoisotopic (exact) mass is 326 g/mol. The smallest absolute Gasteiger partial charge is 0.392 e. The summed E-state index contributed by atoms with van der Waals surface area (Å²) in [4.78, 5) is 11.5. The maximum absolute atomic E-state index is 11.5. The van der Waals surface area contributed by atoms with Crippen LogP contribution in [0.4, 0.5) is 0 Å². The van der Waals surface area contributed by atoms with Crippen LogP contribution in [0.5, 0.6) is 0 Å². The number of aliphatic hydroxyl groups excluding tert-OH is 1. The summed E-state index contributed by atoms with van der Waals surface area (Å²) >= 11 is 5.80. The molecule has 1 aromatic heterocycles. The first-order valence-electron chi connectivity index (χ1n) is 7.15. The maximum Gasteiger partial charge on any atom is 0.437 e. The van der Waals surface area contributed by atoms with E-state index in [1.165, 1.54) is 0 Å². The van der Waals surface area contributed by atoms with Gasteiger partial charge in [-0.2, -0.15) is 4.68 Å². The minimum atomic E-state index is -0.829. The predicted molar refractivity (Wildman–Crippen MR) is 81.9 cm³/mol. The Hall–Kier alpha value is -1.63. The predicted octanol–water partition coefficient (Wildman–Crippen LogP) is 2.02. The summed E-state index contributed by atoms with van der Waals surface area (Å²) in [6, 6.07) is 7.27. The van der Waals surface area contributed by atoms with E-state index < -0.39 is 11.9 Å². The molecule has 1 unspecified atom stereocenters. The van der Waals surface area contributed by atoms with Crippen LogP contribution in [0, 0.1) is 0 Å². The van der Waals surface area contributed by atoms with E-state index in [0.29, 0.717) is 23.9 Å². The highest BCUT2D eigenvalue weighted by Crippen LogP contribution is 2.10. The number of hydrogen-bond donors (Lipinski definition) is 1. The van der Waals surface area contributed by atoms with Crippen LogP contribution in [0.25, 0.3) is 0 Å². The molecule has 7 heteroatoms. The topological polar surface area (TPSA) is 77.5 Å². The number of hydrogen-bond acceptors (Lipinski definition) is 5. The lowest BCUT2D eigenvalue weighted by molar-refractivity contribution is 0.0178. The summed E-state index contributed by atoms with van der Waals surface area (Å²) in [6.45, 7) is 2.49. The SMILES string of the molecule is CCCc1nn(CC(O)COCc2ccc(Cl)cc2)c(=O)o1. The summed E-state index contributed by atoms with van der Waals surface area (Å²) in [7, 11) is 0. The molecule has 1 N–H and O–H groups in total. The summed E-state index contributed by atoms with van der Waals surface area (Å²) in [5, 5.41) is 14.6. The Morgan fingerprint density at radius 1 is 1.41 bits per heavy atom. The highest BCUT2D eigenvalue weighted by atomic mass is 35.5. The average Bonchev–Trinajstić information content (AvgIpc) is 2.81. The molecule has 1 aromatic carbocycles. The standard InChI is InChI=1S/C15H19ClN2O4/c1-2-3-14-17-18(15(20)22-14)8-13(19)10-21-9-11-4-6-12(16)7-5-11/h4-7,13,19H,2-3,8-10H2,1H3. The van der Waals surface area contributed by atoms with Gasteiger partial charge in [0.25, 0.3) is 0 Å². The van der Waals surface area contributed by atoms with Gasteiger partial charge in [-0.3, -0.25) is 0 Å². The molecule has 0 aliphatic carbocycles. The van der Waals surface area contributed by atoms with Gasteiger partial charge in [0.05, 0.1) is 25.9 Å². The molecule has 0 radical (unpaired) electrons. The minimum absolute atomic E-state index is 0.0483. The Labute approximate surface area is 133 Å². The molecule has 0 aliphatic heterocycles.